The zero-order valence-electron chi connectivity index (χ0n) is 11.5. The number of halogens is 2. The summed E-state index contributed by atoms with van der Waals surface area (Å²) >= 11 is 0. The summed E-state index contributed by atoms with van der Waals surface area (Å²) in [5.41, 5.74) is 0.244. The van der Waals surface area contributed by atoms with Gasteiger partial charge in [0, 0.05) is 7.05 Å². The van der Waals surface area contributed by atoms with Crippen molar-refractivity contribution in [2.45, 2.75) is 12.5 Å². The zero-order chi connectivity index (χ0) is 15.8. The predicted molar refractivity (Wildman–Crippen MR) is 72.7 cm³/mol. The van der Waals surface area contributed by atoms with Crippen molar-refractivity contribution in [1.29, 1.82) is 0 Å². The van der Waals surface area contributed by atoms with E-state index in [-0.39, 0.29) is 18.0 Å². The van der Waals surface area contributed by atoms with Crippen molar-refractivity contribution in [1.82, 2.24) is 4.90 Å². The monoisotopic (exact) mass is 304 g/mol. The molecule has 118 valence electrons. The highest BCUT2D eigenvalue weighted by molar-refractivity contribution is 5.90. The quantitative estimate of drug-likeness (QED) is 0.706. The van der Waals surface area contributed by atoms with Crippen molar-refractivity contribution in [2.75, 3.05) is 32.1 Å². The Morgan fingerprint density at radius 2 is 2.10 bits per heavy atom. The summed E-state index contributed by atoms with van der Waals surface area (Å²) in [7, 11) is 1.43. The third kappa shape index (κ3) is 5.92. The lowest BCUT2D eigenvalue weighted by molar-refractivity contribution is 0.0749. The number of anilines is 1. The van der Waals surface area contributed by atoms with Crippen LogP contribution in [0.3, 0.4) is 0 Å². The molecule has 0 saturated carbocycles. The molecule has 0 fully saturated rings. The molecule has 1 rings (SSSR count). The first-order valence-corrected chi connectivity index (χ1v) is 6.25. The van der Waals surface area contributed by atoms with E-state index in [9.17, 15) is 18.7 Å². The summed E-state index contributed by atoms with van der Waals surface area (Å²) in [5, 5.41) is 20.5. The predicted octanol–water partition coefficient (Wildman–Crippen LogP) is 1.15. The zero-order valence-corrected chi connectivity index (χ0v) is 11.5. The van der Waals surface area contributed by atoms with Crippen LogP contribution in [0.15, 0.2) is 24.3 Å². The molecule has 0 spiro atoms. The number of rotatable bonds is 7. The molecular weight excluding hydrogens is 286 g/mol. The van der Waals surface area contributed by atoms with Crippen LogP contribution in [0.25, 0.3) is 0 Å². The highest BCUT2D eigenvalue weighted by atomic mass is 19.3. The van der Waals surface area contributed by atoms with E-state index in [1.165, 1.54) is 19.2 Å². The molecule has 0 aliphatic heterocycles. The number of amides is 2. The first-order chi connectivity index (χ1) is 9.93. The van der Waals surface area contributed by atoms with Crippen LogP contribution in [0.2, 0.25) is 0 Å². The Labute approximate surface area is 120 Å². The molecule has 6 nitrogen and oxygen atoms in total. The highest BCUT2D eigenvalue weighted by Crippen LogP contribution is 2.24. The van der Waals surface area contributed by atoms with Crippen molar-refractivity contribution in [2.24, 2.45) is 0 Å². The molecule has 2 amide bonds. The maximum atomic E-state index is 12.2. The minimum atomic E-state index is -2.61. The fraction of sp³-hybridized carbons (Fsp3) is 0.462. The molecule has 0 heterocycles. The van der Waals surface area contributed by atoms with Crippen LogP contribution in [0.1, 0.15) is 0 Å². The van der Waals surface area contributed by atoms with E-state index in [2.05, 4.69) is 5.32 Å². The largest absolute Gasteiger partial charge is 0.485 e. The third-order valence-electron chi connectivity index (χ3n) is 2.54. The minimum absolute atomic E-state index is 0.0671. The maximum Gasteiger partial charge on any atom is 0.321 e. The van der Waals surface area contributed by atoms with Gasteiger partial charge >= 0.3 is 6.03 Å². The fourth-order valence-electron chi connectivity index (χ4n) is 1.52. The molecule has 0 aliphatic rings. The molecule has 0 aromatic heterocycles. The van der Waals surface area contributed by atoms with Crippen molar-refractivity contribution in [3.05, 3.63) is 24.3 Å². The summed E-state index contributed by atoms with van der Waals surface area (Å²) in [5.74, 6) is 0.127. The topological polar surface area (TPSA) is 82.0 Å². The van der Waals surface area contributed by atoms with Gasteiger partial charge in [-0.15, -0.1) is 0 Å². The normalized spacial score (nSPS) is 12.1. The smallest absolute Gasteiger partial charge is 0.321 e. The average Bonchev–Trinajstić information content (AvgIpc) is 2.45. The summed E-state index contributed by atoms with van der Waals surface area (Å²) in [6, 6.07) is 5.62. The molecule has 1 atom stereocenters. The van der Waals surface area contributed by atoms with Crippen molar-refractivity contribution >= 4 is 11.7 Å². The Kier molecular flexibility index (Phi) is 6.83. The van der Waals surface area contributed by atoms with Gasteiger partial charge in [-0.3, -0.25) is 0 Å². The van der Waals surface area contributed by atoms with Crippen molar-refractivity contribution in [3.8, 4) is 5.75 Å². The van der Waals surface area contributed by atoms with Crippen LogP contribution in [-0.4, -0.2) is 60.5 Å². The van der Waals surface area contributed by atoms with E-state index in [4.69, 9.17) is 9.84 Å². The van der Waals surface area contributed by atoms with Crippen LogP contribution in [-0.2, 0) is 0 Å². The number of ether oxygens (including phenoxy) is 1. The number of likely N-dealkylation sites (N-methyl/N-ethyl adjacent to an activating group) is 1. The molecule has 0 radical (unpaired) electrons. The number of para-hydroxylation sites is 2. The van der Waals surface area contributed by atoms with Crippen LogP contribution in [0.4, 0.5) is 19.3 Å². The Bertz CT molecular complexity index is 460. The summed E-state index contributed by atoms with van der Waals surface area (Å²) < 4.78 is 29.2. The van der Waals surface area contributed by atoms with Gasteiger partial charge in [-0.05, 0) is 12.1 Å². The van der Waals surface area contributed by atoms with Gasteiger partial charge in [-0.2, -0.15) is 0 Å². The molecule has 21 heavy (non-hydrogen) atoms. The fourth-order valence-corrected chi connectivity index (χ4v) is 1.52. The molecule has 0 bridgehead atoms. The number of aliphatic hydroxyl groups excluding tert-OH is 2. The van der Waals surface area contributed by atoms with Gasteiger partial charge in [0.2, 0.25) is 0 Å². The van der Waals surface area contributed by atoms with Gasteiger partial charge in [0.1, 0.15) is 12.4 Å². The van der Waals surface area contributed by atoms with Gasteiger partial charge in [-0.1, -0.05) is 12.1 Å². The number of urea groups is 1. The molecule has 0 unspecified atom stereocenters. The van der Waals surface area contributed by atoms with E-state index >= 15 is 0 Å². The number of alkyl halides is 2. The number of hydrogen-bond acceptors (Lipinski definition) is 4. The van der Waals surface area contributed by atoms with Gasteiger partial charge in [-0.25, -0.2) is 13.6 Å². The van der Waals surface area contributed by atoms with Crippen molar-refractivity contribution < 1.29 is 28.5 Å². The second-order valence-corrected chi connectivity index (χ2v) is 4.35. The lowest BCUT2D eigenvalue weighted by atomic mass is 10.3. The number of nitrogens with one attached hydrogen (secondary N) is 1. The Morgan fingerprint density at radius 3 is 2.71 bits per heavy atom. The van der Waals surface area contributed by atoms with Crippen molar-refractivity contribution in [3.63, 3.8) is 0 Å². The molecule has 3 N–H and O–H groups in total. The molecule has 0 aliphatic carbocycles. The van der Waals surface area contributed by atoms with Crippen LogP contribution in [0, 0.1) is 0 Å². The lowest BCUT2D eigenvalue weighted by Crippen LogP contribution is -2.38. The maximum absolute atomic E-state index is 12.2. The first kappa shape index (κ1) is 17.1. The number of nitrogens with zero attached hydrogens (tertiary/aromatic N) is 1. The van der Waals surface area contributed by atoms with E-state index < -0.39 is 31.8 Å². The molecule has 1 aromatic rings. The number of carbonyl (C=O) groups excluding carboxylic acids is 1. The second-order valence-electron chi connectivity index (χ2n) is 4.35. The van der Waals surface area contributed by atoms with E-state index in [0.717, 1.165) is 4.90 Å². The van der Waals surface area contributed by atoms with Crippen LogP contribution in [0.5, 0.6) is 5.75 Å². The number of aliphatic hydroxyl groups is 2. The van der Waals surface area contributed by atoms with E-state index in [0.29, 0.717) is 0 Å². The van der Waals surface area contributed by atoms with Crippen LogP contribution < -0.4 is 10.1 Å². The van der Waals surface area contributed by atoms with Gasteiger partial charge in [0.05, 0.1) is 24.9 Å². The van der Waals surface area contributed by atoms with Gasteiger partial charge in [0.15, 0.2) is 0 Å². The van der Waals surface area contributed by atoms with Gasteiger partial charge in [0.25, 0.3) is 6.43 Å². The number of benzene rings is 1. The minimum Gasteiger partial charge on any atom is -0.485 e. The average molecular weight is 304 g/mol. The van der Waals surface area contributed by atoms with E-state index in [1.807, 2.05) is 0 Å². The number of hydrogen-bond donors (Lipinski definition) is 3. The Morgan fingerprint density at radius 1 is 1.43 bits per heavy atom. The first-order valence-electron chi connectivity index (χ1n) is 6.25. The molecular formula is C13H18F2N2O4. The third-order valence-corrected chi connectivity index (χ3v) is 2.54. The molecule has 0 saturated heterocycles. The van der Waals surface area contributed by atoms with E-state index in [1.54, 1.807) is 12.1 Å². The van der Waals surface area contributed by atoms with Gasteiger partial charge < -0.3 is 25.2 Å². The Balaban J connectivity index is 2.67. The Hall–Kier alpha value is -1.93. The molecule has 1 aromatic carbocycles. The summed E-state index contributed by atoms with van der Waals surface area (Å²) in [6.07, 6.45) is -3.66. The standard InChI is InChI=1S/C13H18F2N2O4/c1-17(6-9(19)7-18)13(20)16-10-4-2-3-5-11(10)21-8-12(14)15/h2-5,9,12,18-19H,6-8H2,1H3,(H,16,20)/t9-/m0/s1. The summed E-state index contributed by atoms with van der Waals surface area (Å²) in [4.78, 5) is 13.0. The highest BCUT2D eigenvalue weighted by Gasteiger charge is 2.15. The number of carbonyl (C=O) groups is 1. The SMILES string of the molecule is CN(C[C@H](O)CO)C(=O)Nc1ccccc1OCC(F)F. The van der Waals surface area contributed by atoms with Crippen LogP contribution >= 0.6 is 0 Å². The lowest BCUT2D eigenvalue weighted by Gasteiger charge is -2.21. The summed E-state index contributed by atoms with van der Waals surface area (Å²) in [6.45, 7) is -1.31. The molecule has 8 heteroatoms. The second kappa shape index (κ2) is 8.38.